The smallest absolute Gasteiger partial charge is 0.125 e. The average molecular weight is 258 g/mol. The molecule has 3 heteroatoms. The second kappa shape index (κ2) is 6.87. The fourth-order valence-electron chi connectivity index (χ4n) is 2.07. The molecule has 0 fully saturated rings. The van der Waals surface area contributed by atoms with Gasteiger partial charge >= 0.3 is 0 Å². The van der Waals surface area contributed by atoms with Gasteiger partial charge in [-0.15, -0.1) is 12.4 Å². The van der Waals surface area contributed by atoms with Crippen LogP contribution in [0.2, 0.25) is 0 Å². The van der Waals surface area contributed by atoms with E-state index in [1.165, 1.54) is 22.3 Å². The Kier molecular flexibility index (Phi) is 6.58. The van der Waals surface area contributed by atoms with E-state index in [-0.39, 0.29) is 18.4 Å². The predicted octanol–water partition coefficient (Wildman–Crippen LogP) is 3.32. The van der Waals surface area contributed by atoms with Gasteiger partial charge in [-0.25, -0.2) is 0 Å². The van der Waals surface area contributed by atoms with Gasteiger partial charge in [-0.2, -0.15) is 0 Å². The molecule has 2 N–H and O–H groups in total. The summed E-state index contributed by atoms with van der Waals surface area (Å²) in [5, 5.41) is 0. The Morgan fingerprint density at radius 2 is 1.82 bits per heavy atom. The van der Waals surface area contributed by atoms with Gasteiger partial charge in [0.25, 0.3) is 0 Å². The molecule has 0 bridgehead atoms. The Labute approximate surface area is 111 Å². The zero-order valence-corrected chi connectivity index (χ0v) is 12.3. The molecule has 17 heavy (non-hydrogen) atoms. The molecule has 0 amide bonds. The van der Waals surface area contributed by atoms with E-state index in [0.717, 1.165) is 12.2 Å². The highest BCUT2D eigenvalue weighted by molar-refractivity contribution is 5.85. The number of ether oxygens (including phenoxy) is 1. The maximum Gasteiger partial charge on any atom is 0.125 e. The summed E-state index contributed by atoms with van der Waals surface area (Å²) >= 11 is 0. The predicted molar refractivity (Wildman–Crippen MR) is 76.4 cm³/mol. The second-order valence-corrected chi connectivity index (χ2v) is 4.55. The van der Waals surface area contributed by atoms with Crippen molar-refractivity contribution in [3.8, 4) is 5.75 Å². The molecule has 1 aromatic carbocycles. The number of halogens is 1. The Balaban J connectivity index is 0.00000256. The number of aryl methyl sites for hydroxylation is 1. The molecule has 1 rings (SSSR count). The number of rotatable bonds is 4. The van der Waals surface area contributed by atoms with Crippen molar-refractivity contribution in [3.05, 3.63) is 28.3 Å². The molecule has 0 aromatic heterocycles. The summed E-state index contributed by atoms with van der Waals surface area (Å²) in [4.78, 5) is 0. The van der Waals surface area contributed by atoms with Crippen molar-refractivity contribution >= 4 is 12.4 Å². The van der Waals surface area contributed by atoms with Gasteiger partial charge in [0.05, 0.1) is 6.61 Å². The van der Waals surface area contributed by atoms with E-state index < -0.39 is 0 Å². The third kappa shape index (κ3) is 3.90. The van der Waals surface area contributed by atoms with E-state index in [4.69, 9.17) is 10.5 Å². The van der Waals surface area contributed by atoms with E-state index in [0.29, 0.717) is 6.61 Å². The van der Waals surface area contributed by atoms with Gasteiger partial charge in [0.1, 0.15) is 5.75 Å². The lowest BCUT2D eigenvalue weighted by Gasteiger charge is -2.17. The second-order valence-electron chi connectivity index (χ2n) is 4.55. The average Bonchev–Trinajstić information content (AvgIpc) is 2.20. The number of hydrogen-bond donors (Lipinski definition) is 1. The molecule has 0 aliphatic rings. The summed E-state index contributed by atoms with van der Waals surface area (Å²) in [6.07, 6.45) is 0.930. The monoisotopic (exact) mass is 257 g/mol. The largest absolute Gasteiger partial charge is 0.493 e. The highest BCUT2D eigenvalue weighted by Gasteiger charge is 2.11. The molecule has 1 unspecified atom stereocenters. The van der Waals surface area contributed by atoms with E-state index in [9.17, 15) is 0 Å². The van der Waals surface area contributed by atoms with Crippen LogP contribution in [0.15, 0.2) is 6.07 Å². The van der Waals surface area contributed by atoms with Crippen LogP contribution in [0.4, 0.5) is 0 Å². The minimum Gasteiger partial charge on any atom is -0.493 e. The highest BCUT2D eigenvalue weighted by Crippen LogP contribution is 2.29. The highest BCUT2D eigenvalue weighted by atomic mass is 35.5. The summed E-state index contributed by atoms with van der Waals surface area (Å²) in [7, 11) is 0. The minimum absolute atomic E-state index is 0. The molecule has 0 saturated heterocycles. The standard InChI is InChI=1S/C14H23NO.ClH/c1-6-16-14-9(2)7-13(8-10(3)15)11(4)12(14)5;/h7,10H,6,8,15H2,1-5H3;1H. The van der Waals surface area contributed by atoms with Gasteiger partial charge in [0, 0.05) is 6.04 Å². The van der Waals surface area contributed by atoms with Crippen LogP contribution in [0, 0.1) is 20.8 Å². The zero-order valence-electron chi connectivity index (χ0n) is 11.5. The lowest BCUT2D eigenvalue weighted by Crippen LogP contribution is -2.19. The maximum absolute atomic E-state index is 5.86. The van der Waals surface area contributed by atoms with E-state index in [1.54, 1.807) is 0 Å². The molecule has 1 atom stereocenters. The third-order valence-corrected chi connectivity index (χ3v) is 2.96. The first-order valence-corrected chi connectivity index (χ1v) is 5.95. The number of hydrogen-bond acceptors (Lipinski definition) is 2. The lowest BCUT2D eigenvalue weighted by atomic mass is 9.95. The Morgan fingerprint density at radius 1 is 1.24 bits per heavy atom. The molecule has 1 aromatic rings. The summed E-state index contributed by atoms with van der Waals surface area (Å²) in [5.41, 5.74) is 11.0. The first-order chi connectivity index (χ1) is 7.47. The normalized spacial score (nSPS) is 11.9. The van der Waals surface area contributed by atoms with Crippen molar-refractivity contribution in [3.63, 3.8) is 0 Å². The van der Waals surface area contributed by atoms with Crippen molar-refractivity contribution < 1.29 is 4.74 Å². The maximum atomic E-state index is 5.86. The van der Waals surface area contributed by atoms with Crippen LogP contribution in [0.1, 0.15) is 36.1 Å². The first kappa shape index (κ1) is 16.3. The Hall–Kier alpha value is -0.730. The van der Waals surface area contributed by atoms with Gasteiger partial charge in [-0.05, 0) is 63.3 Å². The molecule has 0 saturated carbocycles. The van der Waals surface area contributed by atoms with E-state index in [1.807, 2.05) is 13.8 Å². The third-order valence-electron chi connectivity index (χ3n) is 2.96. The van der Waals surface area contributed by atoms with Crippen molar-refractivity contribution in [2.75, 3.05) is 6.61 Å². The van der Waals surface area contributed by atoms with Gasteiger partial charge in [-0.1, -0.05) is 6.07 Å². The van der Waals surface area contributed by atoms with Crippen molar-refractivity contribution in [2.24, 2.45) is 5.73 Å². The van der Waals surface area contributed by atoms with Crippen LogP contribution in [-0.2, 0) is 6.42 Å². The molecule has 0 radical (unpaired) electrons. The fraction of sp³-hybridized carbons (Fsp3) is 0.571. The van der Waals surface area contributed by atoms with Crippen LogP contribution in [0.5, 0.6) is 5.75 Å². The van der Waals surface area contributed by atoms with Gasteiger partial charge in [-0.3, -0.25) is 0 Å². The number of benzene rings is 1. The summed E-state index contributed by atoms with van der Waals surface area (Å²) in [6.45, 7) is 11.1. The minimum atomic E-state index is 0. The van der Waals surface area contributed by atoms with Crippen LogP contribution in [0.3, 0.4) is 0 Å². The van der Waals surface area contributed by atoms with Crippen LogP contribution < -0.4 is 10.5 Å². The molecular weight excluding hydrogens is 234 g/mol. The topological polar surface area (TPSA) is 35.2 Å². The van der Waals surface area contributed by atoms with Gasteiger partial charge in [0.15, 0.2) is 0 Å². The van der Waals surface area contributed by atoms with Crippen molar-refractivity contribution in [2.45, 2.75) is 47.1 Å². The fourth-order valence-corrected chi connectivity index (χ4v) is 2.07. The van der Waals surface area contributed by atoms with Gasteiger partial charge in [0.2, 0.25) is 0 Å². The van der Waals surface area contributed by atoms with Crippen LogP contribution >= 0.6 is 12.4 Å². The summed E-state index contributed by atoms with van der Waals surface area (Å²) in [5.74, 6) is 1.04. The Bertz CT molecular complexity index is 375. The summed E-state index contributed by atoms with van der Waals surface area (Å²) < 4.78 is 5.68. The molecule has 2 nitrogen and oxygen atoms in total. The SMILES string of the molecule is CCOc1c(C)cc(CC(C)N)c(C)c1C.Cl. The van der Waals surface area contributed by atoms with Gasteiger partial charge < -0.3 is 10.5 Å². The number of nitrogens with two attached hydrogens (primary N) is 1. The zero-order chi connectivity index (χ0) is 12.3. The lowest BCUT2D eigenvalue weighted by molar-refractivity contribution is 0.335. The molecular formula is C14H24ClNO. The van der Waals surface area contributed by atoms with Crippen LogP contribution in [-0.4, -0.2) is 12.6 Å². The molecule has 0 aliphatic carbocycles. The van der Waals surface area contributed by atoms with Crippen molar-refractivity contribution in [1.82, 2.24) is 0 Å². The van der Waals surface area contributed by atoms with Crippen molar-refractivity contribution in [1.29, 1.82) is 0 Å². The summed E-state index contributed by atoms with van der Waals surface area (Å²) in [6, 6.07) is 2.41. The van der Waals surface area contributed by atoms with E-state index >= 15 is 0 Å². The first-order valence-electron chi connectivity index (χ1n) is 5.95. The molecule has 0 heterocycles. The van der Waals surface area contributed by atoms with E-state index in [2.05, 4.69) is 26.8 Å². The Morgan fingerprint density at radius 3 is 2.29 bits per heavy atom. The van der Waals surface area contributed by atoms with Crippen LogP contribution in [0.25, 0.3) is 0 Å². The quantitative estimate of drug-likeness (QED) is 0.898. The molecule has 0 spiro atoms. The molecule has 0 aliphatic heterocycles. The molecule has 98 valence electrons.